The Kier molecular flexibility index (Phi) is 4.18. The summed E-state index contributed by atoms with van der Waals surface area (Å²) in [6, 6.07) is 0. The molecule has 50 valence electrons. The Labute approximate surface area is 54.7 Å². The minimum Gasteiger partial charge on any atom is -0.534 e. The van der Waals surface area contributed by atoms with Crippen molar-refractivity contribution in [3.05, 3.63) is 0 Å². The second-order valence-electron chi connectivity index (χ2n) is 1.60. The third-order valence-corrected chi connectivity index (χ3v) is 1.01. The highest BCUT2D eigenvalue weighted by Crippen LogP contribution is 1.85. The molecule has 0 aromatic carbocycles. The Morgan fingerprint density at radius 3 is 2.00 bits per heavy atom. The molecule has 8 heavy (non-hydrogen) atoms. The number of nitrogens with one attached hydrogen (secondary N) is 1. The van der Waals surface area contributed by atoms with Crippen LogP contribution in [-0.2, 0) is 4.52 Å². The highest BCUT2D eigenvalue weighted by molar-refractivity contribution is 5.85. The number of rotatable bonds is 0. The van der Waals surface area contributed by atoms with E-state index in [-0.39, 0.29) is 12.4 Å². The molecule has 0 spiro atoms. The molecule has 4 heteroatoms. The summed E-state index contributed by atoms with van der Waals surface area (Å²) in [5.74, 6) is 0. The predicted molar refractivity (Wildman–Crippen MR) is 30.9 cm³/mol. The lowest BCUT2D eigenvalue weighted by Gasteiger charge is -2.24. The lowest BCUT2D eigenvalue weighted by atomic mass is 10.5. The summed E-state index contributed by atoms with van der Waals surface area (Å²) in [5, 5.41) is 13.3. The van der Waals surface area contributed by atoms with Gasteiger partial charge in [0.1, 0.15) is 0 Å². The Hall–Kier alpha value is 0.170. The van der Waals surface area contributed by atoms with E-state index >= 15 is 0 Å². The van der Waals surface area contributed by atoms with Gasteiger partial charge in [-0.2, -0.15) is 0 Å². The maximum atomic E-state index is 10.3. The predicted octanol–water partition coefficient (Wildman–Crippen LogP) is -1.16. The molecular weight excluding hydrogens is 130 g/mol. The van der Waals surface area contributed by atoms with Gasteiger partial charge in [0.05, 0.1) is 13.1 Å². The maximum absolute atomic E-state index is 10.3. The van der Waals surface area contributed by atoms with Crippen LogP contribution >= 0.6 is 12.4 Å². The fraction of sp³-hybridized carbons (Fsp3) is 1.00. The van der Waals surface area contributed by atoms with Crippen molar-refractivity contribution in [2.75, 3.05) is 26.3 Å². The van der Waals surface area contributed by atoms with Gasteiger partial charge in [0, 0.05) is 0 Å². The van der Waals surface area contributed by atoms with Gasteiger partial charge in [-0.05, 0) is 0 Å². The van der Waals surface area contributed by atoms with Crippen LogP contribution in [0.2, 0.25) is 0 Å². The molecule has 1 saturated heterocycles. The molecule has 1 heterocycles. The van der Waals surface area contributed by atoms with Crippen molar-refractivity contribution in [2.45, 2.75) is 0 Å². The van der Waals surface area contributed by atoms with Crippen LogP contribution in [0.3, 0.4) is 0 Å². The van der Waals surface area contributed by atoms with Crippen LogP contribution in [0, 0.1) is 0 Å². The van der Waals surface area contributed by atoms with Gasteiger partial charge in [-0.1, -0.05) is 0 Å². The molecule has 0 unspecified atom stereocenters. The standard InChI is InChI=1S/C4H9NO2.ClH/c6-7-3-1-5-2-4-7;/h5H,1-4H2;1H. The second kappa shape index (κ2) is 4.09. The van der Waals surface area contributed by atoms with Gasteiger partial charge in [-0.25, -0.2) is 0 Å². The van der Waals surface area contributed by atoms with Crippen molar-refractivity contribution in [2.24, 2.45) is 0 Å². The van der Waals surface area contributed by atoms with E-state index in [0.717, 1.165) is 13.1 Å². The first-order valence-corrected chi connectivity index (χ1v) is 2.45. The molecule has 0 amide bonds. The van der Waals surface area contributed by atoms with E-state index in [0.29, 0.717) is 13.2 Å². The fourth-order valence-electron chi connectivity index (χ4n) is 0.599. The van der Waals surface area contributed by atoms with Crippen molar-refractivity contribution in [1.82, 2.24) is 5.32 Å². The number of hydrogen-bond acceptors (Lipinski definition) is 2. The largest absolute Gasteiger partial charge is 0.534 e. The monoisotopic (exact) mass is 139 g/mol. The van der Waals surface area contributed by atoms with Crippen LogP contribution in [0.15, 0.2) is 0 Å². The van der Waals surface area contributed by atoms with Gasteiger partial charge >= 0.3 is 0 Å². The number of halogens is 1. The summed E-state index contributed by atoms with van der Waals surface area (Å²) in [6.07, 6.45) is 0. The Morgan fingerprint density at radius 1 is 1.25 bits per heavy atom. The molecule has 1 aliphatic rings. The molecule has 1 aliphatic heterocycles. The highest BCUT2D eigenvalue weighted by Gasteiger charge is 2.04. The molecule has 0 atom stereocenters. The van der Waals surface area contributed by atoms with Crippen molar-refractivity contribution in [3.8, 4) is 0 Å². The van der Waals surface area contributed by atoms with E-state index < -0.39 is 0 Å². The van der Waals surface area contributed by atoms with Crippen LogP contribution < -0.4 is 10.6 Å². The quantitative estimate of drug-likeness (QED) is 0.340. The van der Waals surface area contributed by atoms with E-state index in [2.05, 4.69) is 5.32 Å². The highest BCUT2D eigenvalue weighted by atomic mass is 35.5. The van der Waals surface area contributed by atoms with Gasteiger partial charge in [0.25, 0.3) is 0 Å². The average Bonchev–Trinajstić information content (AvgIpc) is 1.69. The first kappa shape index (κ1) is 8.17. The lowest BCUT2D eigenvalue weighted by Crippen LogP contribution is -2.43. The summed E-state index contributed by atoms with van der Waals surface area (Å²) >= 11 is 0. The van der Waals surface area contributed by atoms with Crippen LogP contribution in [0.5, 0.6) is 0 Å². The summed E-state index contributed by atoms with van der Waals surface area (Å²) in [6.45, 7) is 2.77. The lowest BCUT2D eigenvalue weighted by molar-refractivity contribution is -0.795. The van der Waals surface area contributed by atoms with Gasteiger partial charge < -0.3 is 15.1 Å². The molecule has 0 aromatic rings. The molecule has 0 radical (unpaired) electrons. The molecule has 3 nitrogen and oxygen atoms in total. The molecule has 0 bridgehead atoms. The third-order valence-electron chi connectivity index (χ3n) is 1.01. The van der Waals surface area contributed by atoms with E-state index in [1.54, 1.807) is 4.52 Å². The zero-order chi connectivity index (χ0) is 5.11. The number of hydrogen-bond donors (Lipinski definition) is 1. The Morgan fingerprint density at radius 2 is 1.75 bits per heavy atom. The first-order valence-electron chi connectivity index (χ1n) is 2.45. The third kappa shape index (κ3) is 2.47. The summed E-state index contributed by atoms with van der Waals surface area (Å²) in [4.78, 5) is 0. The molecule has 1 fully saturated rings. The van der Waals surface area contributed by atoms with E-state index in [9.17, 15) is 5.26 Å². The van der Waals surface area contributed by atoms with Gasteiger partial charge in [-0.3, -0.25) is 0 Å². The molecule has 0 aromatic heterocycles. The maximum Gasteiger partial charge on any atom is 0.164 e. The average molecular weight is 140 g/mol. The topological polar surface area (TPSA) is 37.8 Å². The second-order valence-corrected chi connectivity index (χ2v) is 1.60. The van der Waals surface area contributed by atoms with Crippen molar-refractivity contribution >= 4 is 12.4 Å². The summed E-state index contributed by atoms with van der Waals surface area (Å²) in [5.41, 5.74) is 0. The Bertz CT molecular complexity index is 56.0. The van der Waals surface area contributed by atoms with Gasteiger partial charge in [0.15, 0.2) is 13.2 Å². The van der Waals surface area contributed by atoms with Crippen LogP contribution in [-0.4, -0.2) is 26.3 Å². The zero-order valence-corrected chi connectivity index (χ0v) is 5.37. The number of morpholine rings is 1. The van der Waals surface area contributed by atoms with Crippen molar-refractivity contribution < 1.29 is 9.78 Å². The van der Waals surface area contributed by atoms with Crippen LogP contribution in [0.25, 0.3) is 0 Å². The fourth-order valence-corrected chi connectivity index (χ4v) is 0.599. The van der Waals surface area contributed by atoms with E-state index in [1.807, 2.05) is 0 Å². The van der Waals surface area contributed by atoms with E-state index in [4.69, 9.17) is 0 Å². The van der Waals surface area contributed by atoms with Crippen LogP contribution in [0.4, 0.5) is 0 Å². The van der Waals surface area contributed by atoms with Gasteiger partial charge in [0.2, 0.25) is 0 Å². The van der Waals surface area contributed by atoms with Crippen molar-refractivity contribution in [1.29, 1.82) is 0 Å². The molecule has 0 saturated carbocycles. The summed E-state index contributed by atoms with van der Waals surface area (Å²) in [7, 11) is 0. The molecule has 1 rings (SSSR count). The summed E-state index contributed by atoms with van der Waals surface area (Å²) < 4.78 is 1.76. The molecule has 1 N–H and O–H groups in total. The molecule has 0 aliphatic carbocycles. The first-order chi connectivity index (χ1) is 3.39. The zero-order valence-electron chi connectivity index (χ0n) is 4.55. The van der Waals surface area contributed by atoms with E-state index in [1.165, 1.54) is 0 Å². The SMILES string of the molecule is Cl.[O-][O+]1CCNCC1. The minimum atomic E-state index is 0. The smallest absolute Gasteiger partial charge is 0.164 e. The molecular formula is C4H10ClNO2. The minimum absolute atomic E-state index is 0. The van der Waals surface area contributed by atoms with Gasteiger partial charge in [-0.15, -0.1) is 12.4 Å². The normalized spacial score (nSPS) is 22.1. The van der Waals surface area contributed by atoms with Crippen molar-refractivity contribution in [3.63, 3.8) is 0 Å². The Balaban J connectivity index is 0.000000490. The van der Waals surface area contributed by atoms with Crippen LogP contribution in [0.1, 0.15) is 0 Å².